The van der Waals surface area contributed by atoms with Crippen molar-refractivity contribution in [1.82, 2.24) is 10.2 Å². The van der Waals surface area contributed by atoms with E-state index in [1.165, 1.54) is 0 Å². The first-order valence-electron chi connectivity index (χ1n) is 5.73. The Bertz CT molecular complexity index is 497. The zero-order valence-corrected chi connectivity index (χ0v) is 10.8. The highest BCUT2D eigenvalue weighted by Crippen LogP contribution is 2.20. The largest absolute Gasteiger partial charge is 0.408 e. The molecule has 6 heteroatoms. The van der Waals surface area contributed by atoms with Crippen LogP contribution in [0, 0.1) is 0 Å². The van der Waals surface area contributed by atoms with E-state index in [1.54, 1.807) is 0 Å². The molecule has 1 unspecified atom stereocenters. The summed E-state index contributed by atoms with van der Waals surface area (Å²) in [5.74, 6) is 0.545. The molecular weight excluding hydrogens is 252 g/mol. The van der Waals surface area contributed by atoms with Gasteiger partial charge < -0.3 is 15.5 Å². The minimum Gasteiger partial charge on any atom is -0.408 e. The minimum absolute atomic E-state index is 0.0634. The van der Waals surface area contributed by atoms with Crippen LogP contribution in [0.25, 0.3) is 0 Å². The molecule has 0 saturated carbocycles. The average molecular weight is 267 g/mol. The molecule has 0 aliphatic rings. The molecule has 0 radical (unpaired) electrons. The van der Waals surface area contributed by atoms with Crippen molar-refractivity contribution < 1.29 is 4.42 Å². The summed E-state index contributed by atoms with van der Waals surface area (Å²) >= 11 is 5.84. The van der Waals surface area contributed by atoms with Crippen LogP contribution in [0.4, 0.5) is 6.01 Å². The summed E-state index contributed by atoms with van der Waals surface area (Å²) in [6.07, 6.45) is 0.587. The maximum atomic E-state index is 5.84. The van der Waals surface area contributed by atoms with E-state index < -0.39 is 0 Å². The molecule has 1 atom stereocenters. The number of hydrogen-bond donors (Lipinski definition) is 2. The van der Waals surface area contributed by atoms with E-state index >= 15 is 0 Å². The smallest absolute Gasteiger partial charge is 0.315 e. The van der Waals surface area contributed by atoms with Gasteiger partial charge in [-0.25, -0.2) is 0 Å². The van der Waals surface area contributed by atoms with E-state index in [0.29, 0.717) is 29.9 Å². The van der Waals surface area contributed by atoms with Gasteiger partial charge in [0, 0.05) is 18.0 Å². The molecule has 1 aromatic carbocycles. The zero-order chi connectivity index (χ0) is 13.0. The van der Waals surface area contributed by atoms with Crippen LogP contribution in [0.1, 0.15) is 24.4 Å². The Kier molecular flexibility index (Phi) is 4.17. The number of nitrogens with zero attached hydrogens (tertiary/aromatic N) is 2. The maximum absolute atomic E-state index is 5.84. The lowest BCUT2D eigenvalue weighted by atomic mass is 10.1. The quantitative estimate of drug-likeness (QED) is 0.869. The van der Waals surface area contributed by atoms with E-state index in [9.17, 15) is 0 Å². The number of halogens is 1. The number of nitrogens with two attached hydrogens (primary N) is 1. The van der Waals surface area contributed by atoms with Crippen molar-refractivity contribution in [2.45, 2.75) is 19.4 Å². The number of anilines is 1. The highest BCUT2D eigenvalue weighted by molar-refractivity contribution is 6.30. The van der Waals surface area contributed by atoms with Crippen molar-refractivity contribution in [3.05, 3.63) is 40.7 Å². The summed E-state index contributed by atoms with van der Waals surface area (Å²) in [4.78, 5) is 0. The Morgan fingerprint density at radius 1 is 1.33 bits per heavy atom. The zero-order valence-electron chi connectivity index (χ0n) is 10.1. The van der Waals surface area contributed by atoms with Crippen LogP contribution in [0.15, 0.2) is 28.7 Å². The number of aromatic nitrogens is 2. The van der Waals surface area contributed by atoms with Crippen molar-refractivity contribution in [2.24, 2.45) is 5.73 Å². The van der Waals surface area contributed by atoms with Gasteiger partial charge in [-0.15, -0.1) is 5.10 Å². The summed E-state index contributed by atoms with van der Waals surface area (Å²) in [6.45, 7) is 2.50. The normalized spacial score (nSPS) is 12.4. The lowest BCUT2D eigenvalue weighted by Crippen LogP contribution is -2.06. The molecule has 0 fully saturated rings. The lowest BCUT2D eigenvalue weighted by Gasteiger charge is -2.11. The lowest BCUT2D eigenvalue weighted by molar-refractivity contribution is 0.502. The van der Waals surface area contributed by atoms with Crippen LogP contribution in [0.5, 0.6) is 0 Å². The molecule has 0 saturated heterocycles. The van der Waals surface area contributed by atoms with Gasteiger partial charge in [-0.3, -0.25) is 0 Å². The predicted octanol–water partition coefficient (Wildman–Crippen LogP) is 2.40. The number of rotatable bonds is 5. The molecule has 0 aliphatic heterocycles. The maximum Gasteiger partial charge on any atom is 0.315 e. The SMILES string of the molecule is CC(Nc1nnc(CCN)o1)c1ccc(Cl)cc1. The molecule has 1 aromatic heterocycles. The molecular formula is C12H15ClN4O. The third-order valence-corrected chi connectivity index (χ3v) is 2.79. The summed E-state index contributed by atoms with van der Waals surface area (Å²) in [5, 5.41) is 11.6. The standard InChI is InChI=1S/C12H15ClN4O/c1-8(9-2-4-10(13)5-3-9)15-12-17-16-11(18-12)6-7-14/h2-5,8H,6-7,14H2,1H3,(H,15,17). The number of nitrogens with one attached hydrogen (secondary N) is 1. The van der Waals surface area contributed by atoms with E-state index in [4.69, 9.17) is 21.8 Å². The fourth-order valence-electron chi connectivity index (χ4n) is 1.56. The van der Waals surface area contributed by atoms with E-state index in [1.807, 2.05) is 31.2 Å². The first-order valence-corrected chi connectivity index (χ1v) is 6.11. The van der Waals surface area contributed by atoms with Gasteiger partial charge in [0.1, 0.15) is 0 Å². The van der Waals surface area contributed by atoms with Crippen molar-refractivity contribution in [2.75, 3.05) is 11.9 Å². The van der Waals surface area contributed by atoms with Crippen molar-refractivity contribution >= 4 is 17.6 Å². The van der Waals surface area contributed by atoms with Crippen LogP contribution in [-0.2, 0) is 6.42 Å². The molecule has 5 nitrogen and oxygen atoms in total. The molecule has 96 valence electrons. The first-order chi connectivity index (χ1) is 8.69. The monoisotopic (exact) mass is 266 g/mol. The molecule has 2 rings (SSSR count). The van der Waals surface area contributed by atoms with Gasteiger partial charge in [0.2, 0.25) is 5.89 Å². The summed E-state index contributed by atoms with van der Waals surface area (Å²) < 4.78 is 5.40. The fraction of sp³-hybridized carbons (Fsp3) is 0.333. The molecule has 0 spiro atoms. The van der Waals surface area contributed by atoms with Crippen LogP contribution in [0.2, 0.25) is 5.02 Å². The van der Waals surface area contributed by atoms with Crippen LogP contribution < -0.4 is 11.1 Å². The number of hydrogen-bond acceptors (Lipinski definition) is 5. The summed E-state index contributed by atoms with van der Waals surface area (Å²) in [7, 11) is 0. The van der Waals surface area contributed by atoms with Gasteiger partial charge in [-0.2, -0.15) is 0 Å². The molecule has 18 heavy (non-hydrogen) atoms. The van der Waals surface area contributed by atoms with Gasteiger partial charge in [-0.05, 0) is 24.6 Å². The third-order valence-electron chi connectivity index (χ3n) is 2.54. The second kappa shape index (κ2) is 5.84. The van der Waals surface area contributed by atoms with Crippen molar-refractivity contribution in [3.63, 3.8) is 0 Å². The fourth-order valence-corrected chi connectivity index (χ4v) is 1.68. The Morgan fingerprint density at radius 3 is 2.72 bits per heavy atom. The van der Waals surface area contributed by atoms with E-state index in [2.05, 4.69) is 15.5 Å². The van der Waals surface area contributed by atoms with Crippen LogP contribution >= 0.6 is 11.6 Å². The van der Waals surface area contributed by atoms with Gasteiger partial charge in [0.05, 0.1) is 6.04 Å². The van der Waals surface area contributed by atoms with Gasteiger partial charge in [0.15, 0.2) is 0 Å². The second-order valence-corrected chi connectivity index (χ2v) is 4.39. The second-order valence-electron chi connectivity index (χ2n) is 3.96. The molecule has 0 aliphatic carbocycles. The van der Waals surface area contributed by atoms with Gasteiger partial charge in [0.25, 0.3) is 0 Å². The van der Waals surface area contributed by atoms with Crippen LogP contribution in [-0.4, -0.2) is 16.7 Å². The van der Waals surface area contributed by atoms with Crippen molar-refractivity contribution in [3.8, 4) is 0 Å². The molecule has 1 heterocycles. The van der Waals surface area contributed by atoms with Crippen molar-refractivity contribution in [1.29, 1.82) is 0 Å². The average Bonchev–Trinajstić information content (AvgIpc) is 2.78. The first kappa shape index (κ1) is 12.9. The minimum atomic E-state index is 0.0634. The highest BCUT2D eigenvalue weighted by atomic mass is 35.5. The molecule has 0 amide bonds. The summed E-state index contributed by atoms with van der Waals surface area (Å²) in [5.41, 5.74) is 6.51. The van der Waals surface area contributed by atoms with E-state index in [0.717, 1.165) is 5.56 Å². The van der Waals surface area contributed by atoms with Crippen LogP contribution in [0.3, 0.4) is 0 Å². The molecule has 2 aromatic rings. The Labute approximate surface area is 110 Å². The number of benzene rings is 1. The highest BCUT2D eigenvalue weighted by Gasteiger charge is 2.10. The summed E-state index contributed by atoms with van der Waals surface area (Å²) in [6, 6.07) is 8.08. The van der Waals surface area contributed by atoms with E-state index in [-0.39, 0.29) is 6.04 Å². The molecule has 0 bridgehead atoms. The topological polar surface area (TPSA) is 77.0 Å². The Hall–Kier alpha value is -1.59. The molecule has 3 N–H and O–H groups in total. The predicted molar refractivity (Wildman–Crippen MR) is 70.5 cm³/mol. The third kappa shape index (κ3) is 3.21. The van der Waals surface area contributed by atoms with Gasteiger partial charge in [-0.1, -0.05) is 28.8 Å². The van der Waals surface area contributed by atoms with Gasteiger partial charge >= 0.3 is 6.01 Å². The Balaban J connectivity index is 2.01. The Morgan fingerprint density at radius 2 is 2.06 bits per heavy atom.